The topological polar surface area (TPSA) is 62.6 Å². The first-order chi connectivity index (χ1) is 12.4. The molecule has 27 heavy (non-hydrogen) atoms. The second-order valence-corrected chi connectivity index (χ2v) is 8.40. The molecule has 2 aliphatic rings. The molecule has 2 saturated heterocycles. The Bertz CT molecular complexity index is 595. The van der Waals surface area contributed by atoms with Crippen molar-refractivity contribution in [3.05, 3.63) is 18.0 Å². The third-order valence-corrected chi connectivity index (χ3v) is 5.24. The van der Waals surface area contributed by atoms with Crippen molar-refractivity contribution < 1.29 is 9.53 Å². The minimum atomic E-state index is 0. The summed E-state index contributed by atoms with van der Waals surface area (Å²) in [4.78, 5) is 17.0. The fraction of sp³-hybridized carbons (Fsp3) is 0.789. The van der Waals surface area contributed by atoms with Crippen LogP contribution in [0.4, 0.5) is 0 Å². The third-order valence-electron chi connectivity index (χ3n) is 5.24. The summed E-state index contributed by atoms with van der Waals surface area (Å²) in [5, 5.41) is 7.95. The van der Waals surface area contributed by atoms with Crippen molar-refractivity contribution in [2.45, 2.75) is 32.7 Å². The molecule has 3 rings (SSSR count). The lowest BCUT2D eigenvalue weighted by atomic mass is 9.91. The lowest BCUT2D eigenvalue weighted by Crippen LogP contribution is -2.46. The van der Waals surface area contributed by atoms with Crippen molar-refractivity contribution in [1.82, 2.24) is 24.9 Å². The van der Waals surface area contributed by atoms with Gasteiger partial charge < -0.3 is 15.0 Å². The highest BCUT2D eigenvalue weighted by Gasteiger charge is 2.28. The molecule has 8 heteroatoms. The Hall–Kier alpha value is -1.15. The molecule has 2 fully saturated rings. The van der Waals surface area contributed by atoms with Gasteiger partial charge in [-0.25, -0.2) is 0 Å². The van der Waals surface area contributed by atoms with Crippen molar-refractivity contribution in [3.63, 3.8) is 0 Å². The molecule has 1 aromatic heterocycles. The molecule has 1 N–H and O–H groups in total. The maximum absolute atomic E-state index is 12.8. The standard InChI is InChI=1S/C19H33N5O2.ClH/c1-19(2,15-23-9-11-26-12-10-23)14-22(3)18(25)17-6-8-24(21-17)16-5-4-7-20-13-16;/h6,8,16,20H,4-5,7,9-15H2,1-3H3;1H. The van der Waals surface area contributed by atoms with Crippen molar-refractivity contribution in [2.24, 2.45) is 5.41 Å². The number of carbonyl (C=O) groups is 1. The van der Waals surface area contributed by atoms with Crippen LogP contribution < -0.4 is 5.32 Å². The van der Waals surface area contributed by atoms with Gasteiger partial charge in [-0.15, -0.1) is 12.4 Å². The zero-order valence-corrected chi connectivity index (χ0v) is 17.6. The lowest BCUT2D eigenvalue weighted by molar-refractivity contribution is 0.0162. The van der Waals surface area contributed by atoms with Crippen molar-refractivity contribution in [1.29, 1.82) is 0 Å². The van der Waals surface area contributed by atoms with Crippen LogP contribution >= 0.6 is 12.4 Å². The number of aromatic nitrogens is 2. The van der Waals surface area contributed by atoms with Gasteiger partial charge in [0.2, 0.25) is 0 Å². The van der Waals surface area contributed by atoms with Crippen molar-refractivity contribution in [2.75, 3.05) is 59.5 Å². The Labute approximate surface area is 168 Å². The Balaban J connectivity index is 0.00000261. The number of piperidine rings is 1. The Kier molecular flexibility index (Phi) is 8.09. The molecule has 0 radical (unpaired) electrons. The van der Waals surface area contributed by atoms with Crippen LogP contribution in [-0.4, -0.2) is 85.0 Å². The molecule has 1 unspecified atom stereocenters. The molecule has 1 atom stereocenters. The number of amides is 1. The molecule has 2 aliphatic heterocycles. The molecule has 3 heterocycles. The van der Waals surface area contributed by atoms with E-state index >= 15 is 0 Å². The highest BCUT2D eigenvalue weighted by atomic mass is 35.5. The molecule has 0 aromatic carbocycles. The Morgan fingerprint density at radius 1 is 1.41 bits per heavy atom. The molecule has 7 nitrogen and oxygen atoms in total. The maximum atomic E-state index is 12.8. The molecule has 0 bridgehead atoms. The van der Waals surface area contributed by atoms with Gasteiger partial charge in [-0.1, -0.05) is 13.8 Å². The second-order valence-electron chi connectivity index (χ2n) is 8.40. The van der Waals surface area contributed by atoms with Crippen LogP contribution in [0.15, 0.2) is 12.3 Å². The fourth-order valence-corrected chi connectivity index (χ4v) is 4.04. The van der Waals surface area contributed by atoms with Gasteiger partial charge in [0.15, 0.2) is 0 Å². The number of ether oxygens (including phenoxy) is 1. The maximum Gasteiger partial charge on any atom is 0.274 e. The van der Waals surface area contributed by atoms with Crippen LogP contribution in [0.1, 0.15) is 43.2 Å². The number of nitrogens with zero attached hydrogens (tertiary/aromatic N) is 4. The largest absolute Gasteiger partial charge is 0.379 e. The van der Waals surface area contributed by atoms with E-state index in [9.17, 15) is 4.79 Å². The number of halogens is 1. The second kappa shape index (κ2) is 9.87. The summed E-state index contributed by atoms with van der Waals surface area (Å²) in [7, 11) is 1.88. The molecule has 0 spiro atoms. The van der Waals surface area contributed by atoms with Crippen LogP contribution in [0.5, 0.6) is 0 Å². The van der Waals surface area contributed by atoms with Gasteiger partial charge >= 0.3 is 0 Å². The summed E-state index contributed by atoms with van der Waals surface area (Å²) >= 11 is 0. The fourth-order valence-electron chi connectivity index (χ4n) is 4.04. The van der Waals surface area contributed by atoms with Crippen molar-refractivity contribution >= 4 is 18.3 Å². The predicted molar refractivity (Wildman–Crippen MR) is 109 cm³/mol. The SMILES string of the molecule is CN(CC(C)(C)CN1CCOCC1)C(=O)c1ccn(C2CCCNC2)n1.Cl. The first-order valence-corrected chi connectivity index (χ1v) is 9.76. The van der Waals surface area contributed by atoms with E-state index in [-0.39, 0.29) is 23.7 Å². The molecular weight excluding hydrogens is 366 g/mol. The summed E-state index contributed by atoms with van der Waals surface area (Å²) in [6.07, 6.45) is 4.21. The zero-order valence-electron chi connectivity index (χ0n) is 16.8. The average Bonchev–Trinajstić information content (AvgIpc) is 3.12. The lowest BCUT2D eigenvalue weighted by Gasteiger charge is -2.37. The molecule has 0 aliphatic carbocycles. The number of morpholine rings is 1. The quantitative estimate of drug-likeness (QED) is 0.788. The van der Waals surface area contributed by atoms with Crippen LogP contribution in [-0.2, 0) is 4.74 Å². The van der Waals surface area contributed by atoms with E-state index in [4.69, 9.17) is 4.74 Å². The summed E-state index contributed by atoms with van der Waals surface area (Å²) in [5.74, 6) is 0.00238. The summed E-state index contributed by atoms with van der Waals surface area (Å²) in [6, 6.07) is 2.20. The smallest absolute Gasteiger partial charge is 0.274 e. The first kappa shape index (κ1) is 22.1. The van der Waals surface area contributed by atoms with Gasteiger partial charge in [-0.3, -0.25) is 14.4 Å². The first-order valence-electron chi connectivity index (χ1n) is 9.76. The van der Waals surface area contributed by atoms with Gasteiger partial charge in [0.1, 0.15) is 5.69 Å². The van der Waals surface area contributed by atoms with Gasteiger partial charge in [-0.2, -0.15) is 5.10 Å². The van der Waals surface area contributed by atoms with E-state index in [1.165, 1.54) is 0 Å². The molecule has 1 aromatic rings. The number of hydrogen-bond acceptors (Lipinski definition) is 5. The third kappa shape index (κ3) is 6.17. The number of hydrogen-bond donors (Lipinski definition) is 1. The number of nitrogens with one attached hydrogen (secondary N) is 1. The Morgan fingerprint density at radius 2 is 2.15 bits per heavy atom. The molecule has 0 saturated carbocycles. The molecule has 1 amide bonds. The number of rotatable bonds is 6. The van der Waals surface area contributed by atoms with Gasteiger partial charge in [0.25, 0.3) is 5.91 Å². The number of carbonyl (C=O) groups excluding carboxylic acids is 1. The van der Waals surface area contributed by atoms with E-state index < -0.39 is 0 Å². The minimum Gasteiger partial charge on any atom is -0.379 e. The van der Waals surface area contributed by atoms with Crippen LogP contribution in [0.3, 0.4) is 0 Å². The highest BCUT2D eigenvalue weighted by Crippen LogP contribution is 2.21. The van der Waals surface area contributed by atoms with Crippen LogP contribution in [0.2, 0.25) is 0 Å². The van der Waals surface area contributed by atoms with Gasteiger partial charge in [0, 0.05) is 46.0 Å². The van der Waals surface area contributed by atoms with E-state index in [1.807, 2.05) is 28.9 Å². The monoisotopic (exact) mass is 399 g/mol. The summed E-state index contributed by atoms with van der Waals surface area (Å²) in [6.45, 7) is 11.7. The van der Waals surface area contributed by atoms with Gasteiger partial charge in [0.05, 0.1) is 19.3 Å². The minimum absolute atomic E-state index is 0. The van der Waals surface area contributed by atoms with E-state index in [0.29, 0.717) is 18.3 Å². The summed E-state index contributed by atoms with van der Waals surface area (Å²) < 4.78 is 7.37. The van der Waals surface area contributed by atoms with Gasteiger partial charge in [-0.05, 0) is 30.9 Å². The Morgan fingerprint density at radius 3 is 2.81 bits per heavy atom. The van der Waals surface area contributed by atoms with Crippen LogP contribution in [0, 0.1) is 5.41 Å². The van der Waals surface area contributed by atoms with E-state index in [2.05, 4.69) is 29.2 Å². The normalized spacial score (nSPS) is 21.5. The predicted octanol–water partition coefficient (Wildman–Crippen LogP) is 1.66. The highest BCUT2D eigenvalue weighted by molar-refractivity contribution is 5.92. The van der Waals surface area contributed by atoms with E-state index in [1.54, 1.807) is 0 Å². The molecular formula is C19H34ClN5O2. The van der Waals surface area contributed by atoms with Crippen LogP contribution in [0.25, 0.3) is 0 Å². The average molecular weight is 400 g/mol. The van der Waals surface area contributed by atoms with Crippen molar-refractivity contribution in [3.8, 4) is 0 Å². The zero-order chi connectivity index (χ0) is 18.6. The molecule has 154 valence electrons. The van der Waals surface area contributed by atoms with E-state index in [0.717, 1.165) is 58.8 Å². The summed E-state index contributed by atoms with van der Waals surface area (Å²) in [5.41, 5.74) is 0.567.